The van der Waals surface area contributed by atoms with Gasteiger partial charge in [0.15, 0.2) is 0 Å². The van der Waals surface area contributed by atoms with Gasteiger partial charge in [-0.15, -0.1) is 11.8 Å². The first kappa shape index (κ1) is 13.3. The Labute approximate surface area is 100 Å². The van der Waals surface area contributed by atoms with Crippen LogP contribution in [0.15, 0.2) is 28.0 Å². The second-order valence-corrected chi connectivity index (χ2v) is 6.57. The van der Waals surface area contributed by atoms with Crippen LogP contribution in [0, 0.1) is 5.92 Å². The van der Waals surface area contributed by atoms with Crippen LogP contribution in [0.1, 0.15) is 13.8 Å². The number of benzene rings is 1. The normalized spacial score (nSPS) is 12.0. The highest BCUT2D eigenvalue weighted by atomic mass is 32.2. The highest BCUT2D eigenvalue weighted by molar-refractivity contribution is 7.99. The molecule has 16 heavy (non-hydrogen) atoms. The molecule has 0 aliphatic rings. The summed E-state index contributed by atoms with van der Waals surface area (Å²) >= 11 is 1.65. The van der Waals surface area contributed by atoms with Crippen molar-refractivity contribution >= 4 is 27.5 Å². The van der Waals surface area contributed by atoms with Crippen molar-refractivity contribution in [1.82, 2.24) is 0 Å². The molecule has 0 amide bonds. The highest BCUT2D eigenvalue weighted by Crippen LogP contribution is 2.26. The SMILES string of the molecule is CC(C)CSc1ccc(S(N)(=O)=O)c(N)c1. The molecule has 6 heteroatoms. The zero-order valence-electron chi connectivity index (χ0n) is 9.30. The summed E-state index contributed by atoms with van der Waals surface area (Å²) in [6.45, 7) is 4.24. The van der Waals surface area contributed by atoms with Gasteiger partial charge in [0.25, 0.3) is 0 Å². The molecular formula is C10H16N2O2S2. The largest absolute Gasteiger partial charge is 0.398 e. The molecule has 0 aliphatic carbocycles. The number of rotatable bonds is 4. The number of sulfonamides is 1. The molecule has 90 valence electrons. The first-order valence-corrected chi connectivity index (χ1v) is 7.39. The highest BCUT2D eigenvalue weighted by Gasteiger charge is 2.12. The van der Waals surface area contributed by atoms with Gasteiger partial charge in [-0.05, 0) is 24.1 Å². The van der Waals surface area contributed by atoms with Crippen molar-refractivity contribution in [3.8, 4) is 0 Å². The number of thioether (sulfide) groups is 1. The van der Waals surface area contributed by atoms with E-state index in [0.29, 0.717) is 5.92 Å². The molecule has 0 atom stereocenters. The summed E-state index contributed by atoms with van der Waals surface area (Å²) in [7, 11) is -3.72. The fourth-order valence-electron chi connectivity index (χ4n) is 1.14. The van der Waals surface area contributed by atoms with Crippen LogP contribution in [0.3, 0.4) is 0 Å². The quantitative estimate of drug-likeness (QED) is 0.637. The summed E-state index contributed by atoms with van der Waals surface area (Å²) in [5, 5.41) is 5.02. The van der Waals surface area contributed by atoms with Gasteiger partial charge in [-0.2, -0.15) is 0 Å². The lowest BCUT2D eigenvalue weighted by Gasteiger charge is -2.07. The number of nitrogens with two attached hydrogens (primary N) is 2. The minimum Gasteiger partial charge on any atom is -0.398 e. The van der Waals surface area contributed by atoms with Crippen molar-refractivity contribution in [3.05, 3.63) is 18.2 Å². The zero-order chi connectivity index (χ0) is 12.3. The summed E-state index contributed by atoms with van der Waals surface area (Å²) in [5.41, 5.74) is 5.85. The number of primary sulfonamides is 1. The maximum atomic E-state index is 11.1. The van der Waals surface area contributed by atoms with Crippen LogP contribution in [-0.4, -0.2) is 14.2 Å². The Bertz CT molecular complexity index is 470. The van der Waals surface area contributed by atoms with E-state index in [1.165, 1.54) is 6.07 Å². The van der Waals surface area contributed by atoms with Gasteiger partial charge in [0, 0.05) is 10.6 Å². The van der Waals surface area contributed by atoms with Crippen molar-refractivity contribution in [2.45, 2.75) is 23.6 Å². The molecule has 0 unspecified atom stereocenters. The van der Waals surface area contributed by atoms with Gasteiger partial charge in [0.2, 0.25) is 10.0 Å². The second-order valence-electron chi connectivity index (χ2n) is 3.95. The molecule has 0 fully saturated rings. The molecule has 0 heterocycles. The van der Waals surface area contributed by atoms with Crippen molar-refractivity contribution in [3.63, 3.8) is 0 Å². The standard InChI is InChI=1S/C10H16N2O2S2/c1-7(2)6-15-8-3-4-10(9(11)5-8)16(12,13)14/h3-5,7H,6,11H2,1-2H3,(H2,12,13,14). The number of hydrogen-bond acceptors (Lipinski definition) is 4. The lowest BCUT2D eigenvalue weighted by atomic mass is 10.3. The van der Waals surface area contributed by atoms with E-state index in [1.807, 2.05) is 0 Å². The number of hydrogen-bond donors (Lipinski definition) is 2. The third kappa shape index (κ3) is 3.70. The van der Waals surface area contributed by atoms with E-state index in [0.717, 1.165) is 10.6 Å². The van der Waals surface area contributed by atoms with Gasteiger partial charge in [-0.1, -0.05) is 13.8 Å². The number of anilines is 1. The summed E-state index contributed by atoms with van der Waals surface area (Å²) in [4.78, 5) is 0.944. The van der Waals surface area contributed by atoms with E-state index in [2.05, 4.69) is 13.8 Å². The molecule has 0 bridgehead atoms. The predicted octanol–water partition coefficient (Wildman–Crippen LogP) is 1.66. The predicted molar refractivity (Wildman–Crippen MR) is 67.8 cm³/mol. The second kappa shape index (κ2) is 5.07. The lowest BCUT2D eigenvalue weighted by molar-refractivity contribution is 0.598. The van der Waals surface area contributed by atoms with Crippen LogP contribution >= 0.6 is 11.8 Å². The van der Waals surface area contributed by atoms with E-state index in [9.17, 15) is 8.42 Å². The van der Waals surface area contributed by atoms with Crippen molar-refractivity contribution in [2.24, 2.45) is 11.1 Å². The third-order valence-corrected chi connectivity index (χ3v) is 4.28. The summed E-state index contributed by atoms with van der Waals surface area (Å²) in [6, 6.07) is 4.82. The molecule has 0 saturated heterocycles. The Morgan fingerprint density at radius 1 is 1.38 bits per heavy atom. The van der Waals surface area contributed by atoms with Crippen LogP contribution in [0.5, 0.6) is 0 Å². The van der Waals surface area contributed by atoms with Gasteiger partial charge >= 0.3 is 0 Å². The smallest absolute Gasteiger partial charge is 0.240 e. The van der Waals surface area contributed by atoms with Crippen LogP contribution in [-0.2, 0) is 10.0 Å². The maximum Gasteiger partial charge on any atom is 0.240 e. The number of nitrogen functional groups attached to an aromatic ring is 1. The first-order chi connectivity index (χ1) is 7.30. The maximum absolute atomic E-state index is 11.1. The summed E-state index contributed by atoms with van der Waals surface area (Å²) < 4.78 is 22.2. The van der Waals surface area contributed by atoms with Crippen LogP contribution in [0.4, 0.5) is 5.69 Å². The molecule has 0 radical (unpaired) electrons. The molecule has 0 spiro atoms. The molecule has 0 aliphatic heterocycles. The molecule has 4 nitrogen and oxygen atoms in total. The minimum atomic E-state index is -3.72. The van der Waals surface area contributed by atoms with Gasteiger partial charge in [0.05, 0.1) is 5.69 Å². The summed E-state index contributed by atoms with van der Waals surface area (Å²) in [6.07, 6.45) is 0. The molecule has 1 aromatic rings. The van der Waals surface area contributed by atoms with Crippen molar-refractivity contribution in [1.29, 1.82) is 0 Å². The van der Waals surface area contributed by atoms with Gasteiger partial charge in [-0.25, -0.2) is 13.6 Å². The van der Waals surface area contributed by atoms with E-state index in [4.69, 9.17) is 10.9 Å². The Morgan fingerprint density at radius 3 is 2.44 bits per heavy atom. The monoisotopic (exact) mass is 260 g/mol. The molecule has 0 saturated carbocycles. The molecular weight excluding hydrogens is 244 g/mol. The van der Waals surface area contributed by atoms with Crippen LogP contribution in [0.2, 0.25) is 0 Å². The molecule has 1 rings (SSSR count). The van der Waals surface area contributed by atoms with Gasteiger partial charge in [0.1, 0.15) is 4.90 Å². The van der Waals surface area contributed by atoms with E-state index < -0.39 is 10.0 Å². The average Bonchev–Trinajstić information content (AvgIpc) is 2.12. The third-order valence-electron chi connectivity index (χ3n) is 1.87. The minimum absolute atomic E-state index is 0.0126. The van der Waals surface area contributed by atoms with E-state index in [-0.39, 0.29) is 10.6 Å². The molecule has 1 aromatic carbocycles. The summed E-state index contributed by atoms with van der Waals surface area (Å²) in [5.74, 6) is 1.54. The van der Waals surface area contributed by atoms with Crippen LogP contribution in [0.25, 0.3) is 0 Å². The molecule has 0 aromatic heterocycles. The van der Waals surface area contributed by atoms with Crippen molar-refractivity contribution in [2.75, 3.05) is 11.5 Å². The van der Waals surface area contributed by atoms with Crippen LogP contribution < -0.4 is 10.9 Å². The zero-order valence-corrected chi connectivity index (χ0v) is 10.9. The van der Waals surface area contributed by atoms with Crippen molar-refractivity contribution < 1.29 is 8.42 Å². The molecule has 4 N–H and O–H groups in total. The lowest BCUT2D eigenvalue weighted by Crippen LogP contribution is -2.14. The topological polar surface area (TPSA) is 86.2 Å². The fraction of sp³-hybridized carbons (Fsp3) is 0.400. The Balaban J connectivity index is 2.92. The van der Waals surface area contributed by atoms with E-state index >= 15 is 0 Å². The van der Waals surface area contributed by atoms with Gasteiger partial charge in [-0.3, -0.25) is 0 Å². The average molecular weight is 260 g/mol. The van der Waals surface area contributed by atoms with Gasteiger partial charge < -0.3 is 5.73 Å². The Hall–Kier alpha value is -0.720. The first-order valence-electron chi connectivity index (χ1n) is 4.86. The Kier molecular flexibility index (Phi) is 4.23. The fourth-order valence-corrected chi connectivity index (χ4v) is 2.68. The van der Waals surface area contributed by atoms with E-state index in [1.54, 1.807) is 23.9 Å². The Morgan fingerprint density at radius 2 is 2.00 bits per heavy atom.